The number of aromatic nitrogens is 1. The highest BCUT2D eigenvalue weighted by molar-refractivity contribution is 5.81. The molecule has 0 bridgehead atoms. The Kier molecular flexibility index (Phi) is 3.41. The van der Waals surface area contributed by atoms with E-state index >= 15 is 0 Å². The van der Waals surface area contributed by atoms with Gasteiger partial charge in [0.1, 0.15) is 11.7 Å². The number of nitrogens with zero attached hydrogens (tertiary/aromatic N) is 3. The smallest absolute Gasteiger partial charge is 0.140 e. The van der Waals surface area contributed by atoms with Crippen molar-refractivity contribution in [1.82, 2.24) is 4.98 Å². The molecular formula is C15H18N4O. The van der Waals surface area contributed by atoms with E-state index in [9.17, 15) is 0 Å². The summed E-state index contributed by atoms with van der Waals surface area (Å²) in [6.45, 7) is 0.728. The van der Waals surface area contributed by atoms with E-state index in [0.717, 1.165) is 23.3 Å². The average Bonchev–Trinajstić information content (AvgIpc) is 3.32. The second-order valence-corrected chi connectivity index (χ2v) is 5.13. The molecule has 0 radical (unpaired) electrons. The van der Waals surface area contributed by atoms with Crippen LogP contribution in [0.4, 0.5) is 5.82 Å². The SMILES string of the molecule is NC(CCN(c1ccc2ccccc2n1)C1CC1)=NO. The molecule has 1 aromatic carbocycles. The van der Waals surface area contributed by atoms with E-state index in [-0.39, 0.29) is 5.84 Å². The lowest BCUT2D eigenvalue weighted by atomic mass is 10.2. The van der Waals surface area contributed by atoms with Crippen LogP contribution in [-0.2, 0) is 0 Å². The minimum atomic E-state index is 0.261. The third-order valence-electron chi connectivity index (χ3n) is 3.60. The lowest BCUT2D eigenvalue weighted by Gasteiger charge is -2.23. The van der Waals surface area contributed by atoms with Gasteiger partial charge in [-0.15, -0.1) is 0 Å². The minimum absolute atomic E-state index is 0.261. The maximum Gasteiger partial charge on any atom is 0.140 e. The van der Waals surface area contributed by atoms with Crippen LogP contribution in [0.25, 0.3) is 10.9 Å². The van der Waals surface area contributed by atoms with Gasteiger partial charge < -0.3 is 15.8 Å². The molecule has 1 heterocycles. The quantitative estimate of drug-likeness (QED) is 0.378. The number of anilines is 1. The van der Waals surface area contributed by atoms with Crippen LogP contribution in [-0.4, -0.2) is 28.6 Å². The number of nitrogens with two attached hydrogens (primary N) is 1. The Labute approximate surface area is 117 Å². The molecule has 1 aliphatic rings. The van der Waals surface area contributed by atoms with Crippen molar-refractivity contribution in [2.75, 3.05) is 11.4 Å². The molecule has 2 aromatic rings. The molecule has 20 heavy (non-hydrogen) atoms. The Morgan fingerprint density at radius 3 is 2.85 bits per heavy atom. The van der Waals surface area contributed by atoms with Crippen LogP contribution in [0.5, 0.6) is 0 Å². The first kappa shape index (κ1) is 12.7. The number of oxime groups is 1. The van der Waals surface area contributed by atoms with Gasteiger partial charge in [0.2, 0.25) is 0 Å². The van der Waals surface area contributed by atoms with Crippen LogP contribution < -0.4 is 10.6 Å². The average molecular weight is 270 g/mol. The Morgan fingerprint density at radius 1 is 1.30 bits per heavy atom. The molecule has 3 N–H and O–H groups in total. The lowest BCUT2D eigenvalue weighted by Crippen LogP contribution is -2.30. The Hall–Kier alpha value is -2.30. The van der Waals surface area contributed by atoms with Gasteiger partial charge in [0.15, 0.2) is 0 Å². The molecular weight excluding hydrogens is 252 g/mol. The van der Waals surface area contributed by atoms with Gasteiger partial charge in [-0.1, -0.05) is 23.4 Å². The van der Waals surface area contributed by atoms with Crippen molar-refractivity contribution in [3.8, 4) is 0 Å². The van der Waals surface area contributed by atoms with Crippen LogP contribution in [0.15, 0.2) is 41.6 Å². The Bertz CT molecular complexity index is 637. The maximum absolute atomic E-state index is 8.64. The third-order valence-corrected chi connectivity index (χ3v) is 3.60. The first-order valence-corrected chi connectivity index (χ1v) is 6.87. The van der Waals surface area contributed by atoms with E-state index in [2.05, 4.69) is 22.2 Å². The molecule has 5 heteroatoms. The fourth-order valence-corrected chi connectivity index (χ4v) is 2.37. The van der Waals surface area contributed by atoms with Gasteiger partial charge in [-0.05, 0) is 31.0 Å². The molecule has 104 valence electrons. The van der Waals surface area contributed by atoms with Crippen molar-refractivity contribution in [2.24, 2.45) is 10.9 Å². The predicted molar refractivity (Wildman–Crippen MR) is 80.1 cm³/mol. The number of fused-ring (bicyclic) bond motifs is 1. The van der Waals surface area contributed by atoms with Gasteiger partial charge in [-0.25, -0.2) is 4.98 Å². The molecule has 0 atom stereocenters. The topological polar surface area (TPSA) is 74.7 Å². The Balaban J connectivity index is 1.85. The molecule has 1 aromatic heterocycles. The fraction of sp³-hybridized carbons (Fsp3) is 0.333. The number of para-hydroxylation sites is 1. The van der Waals surface area contributed by atoms with Crippen molar-refractivity contribution in [3.05, 3.63) is 36.4 Å². The summed E-state index contributed by atoms with van der Waals surface area (Å²) in [5, 5.41) is 12.8. The zero-order valence-corrected chi connectivity index (χ0v) is 11.2. The van der Waals surface area contributed by atoms with E-state index in [1.165, 1.54) is 12.8 Å². The summed E-state index contributed by atoms with van der Waals surface area (Å²) in [5.74, 6) is 1.23. The highest BCUT2D eigenvalue weighted by Gasteiger charge is 2.29. The van der Waals surface area contributed by atoms with Crippen molar-refractivity contribution >= 4 is 22.6 Å². The van der Waals surface area contributed by atoms with Crippen molar-refractivity contribution in [3.63, 3.8) is 0 Å². The highest BCUT2D eigenvalue weighted by atomic mass is 16.4. The molecule has 0 unspecified atom stereocenters. The molecule has 0 aliphatic heterocycles. The van der Waals surface area contributed by atoms with E-state index in [4.69, 9.17) is 15.9 Å². The van der Waals surface area contributed by atoms with Crippen LogP contribution in [0.1, 0.15) is 19.3 Å². The zero-order chi connectivity index (χ0) is 13.9. The number of amidine groups is 1. The normalized spacial score (nSPS) is 15.5. The van der Waals surface area contributed by atoms with E-state index in [0.29, 0.717) is 12.5 Å². The summed E-state index contributed by atoms with van der Waals surface area (Å²) in [6, 6.07) is 12.8. The van der Waals surface area contributed by atoms with Crippen molar-refractivity contribution < 1.29 is 5.21 Å². The fourth-order valence-electron chi connectivity index (χ4n) is 2.37. The summed E-state index contributed by atoms with van der Waals surface area (Å²) >= 11 is 0. The lowest BCUT2D eigenvalue weighted by molar-refractivity contribution is 0.317. The van der Waals surface area contributed by atoms with Crippen LogP contribution in [0.2, 0.25) is 0 Å². The van der Waals surface area contributed by atoms with Crippen molar-refractivity contribution in [2.45, 2.75) is 25.3 Å². The number of benzene rings is 1. The summed E-state index contributed by atoms with van der Waals surface area (Å²) in [4.78, 5) is 6.98. The van der Waals surface area contributed by atoms with Crippen LogP contribution in [0, 0.1) is 0 Å². The molecule has 5 nitrogen and oxygen atoms in total. The van der Waals surface area contributed by atoms with E-state index in [1.54, 1.807) is 0 Å². The molecule has 0 saturated heterocycles. The third kappa shape index (κ3) is 2.66. The van der Waals surface area contributed by atoms with Gasteiger partial charge in [-0.2, -0.15) is 0 Å². The minimum Gasteiger partial charge on any atom is -0.409 e. The van der Waals surface area contributed by atoms with Gasteiger partial charge in [-0.3, -0.25) is 0 Å². The first-order valence-electron chi connectivity index (χ1n) is 6.87. The highest BCUT2D eigenvalue weighted by Crippen LogP contribution is 2.31. The summed E-state index contributed by atoms with van der Waals surface area (Å²) in [6.07, 6.45) is 2.91. The number of pyridine rings is 1. The molecule has 0 spiro atoms. The maximum atomic E-state index is 8.64. The van der Waals surface area contributed by atoms with Gasteiger partial charge >= 0.3 is 0 Å². The van der Waals surface area contributed by atoms with Crippen molar-refractivity contribution in [1.29, 1.82) is 0 Å². The Morgan fingerprint density at radius 2 is 2.10 bits per heavy atom. The van der Waals surface area contributed by atoms with Crippen LogP contribution >= 0.6 is 0 Å². The second kappa shape index (κ2) is 5.36. The van der Waals surface area contributed by atoms with E-state index < -0.39 is 0 Å². The van der Waals surface area contributed by atoms with Crippen LogP contribution in [0.3, 0.4) is 0 Å². The van der Waals surface area contributed by atoms with Gasteiger partial charge in [0.25, 0.3) is 0 Å². The summed E-state index contributed by atoms with van der Waals surface area (Å²) in [7, 11) is 0. The predicted octanol–water partition coefficient (Wildman–Crippen LogP) is 2.34. The molecule has 1 aliphatic carbocycles. The summed E-state index contributed by atoms with van der Waals surface area (Å²) in [5.41, 5.74) is 6.56. The first-order chi connectivity index (χ1) is 9.78. The standard InChI is InChI=1S/C15H18N4O/c16-14(18-20)9-10-19(12-6-7-12)15-8-5-11-3-1-2-4-13(11)17-15/h1-5,8,12,20H,6-7,9-10H2,(H2,16,18). The number of hydrogen-bond donors (Lipinski definition) is 2. The number of rotatable bonds is 5. The van der Waals surface area contributed by atoms with E-state index in [1.807, 2.05) is 24.3 Å². The molecule has 1 saturated carbocycles. The summed E-state index contributed by atoms with van der Waals surface area (Å²) < 4.78 is 0. The monoisotopic (exact) mass is 270 g/mol. The molecule has 3 rings (SSSR count). The van der Waals surface area contributed by atoms with Gasteiger partial charge in [0, 0.05) is 24.4 Å². The molecule has 1 fully saturated rings. The van der Waals surface area contributed by atoms with Gasteiger partial charge in [0.05, 0.1) is 5.52 Å². The largest absolute Gasteiger partial charge is 0.409 e. The number of hydrogen-bond acceptors (Lipinski definition) is 4. The molecule has 0 amide bonds. The second-order valence-electron chi connectivity index (χ2n) is 5.13. The zero-order valence-electron chi connectivity index (χ0n) is 11.2.